The largest absolute Gasteiger partial charge is 0.354 e. The monoisotopic (exact) mass is 298 g/mol. The van der Waals surface area contributed by atoms with E-state index in [4.69, 9.17) is 0 Å². The molecule has 2 N–H and O–H groups in total. The van der Waals surface area contributed by atoms with Crippen molar-refractivity contribution in [2.75, 3.05) is 49.0 Å². The van der Waals surface area contributed by atoms with Gasteiger partial charge in [0.05, 0.1) is 0 Å². The Hall–Kier alpha value is -1.24. The van der Waals surface area contributed by atoms with Crippen molar-refractivity contribution in [3.05, 3.63) is 0 Å². The number of aromatic nitrogens is 3. The van der Waals surface area contributed by atoms with E-state index in [1.807, 2.05) is 30.8 Å². The van der Waals surface area contributed by atoms with E-state index in [1.165, 1.54) is 0 Å². The number of hydrogen-bond acceptors (Lipinski definition) is 7. The molecule has 0 bridgehead atoms. The predicted molar refractivity (Wildman–Crippen MR) is 89.0 cm³/mol. The fourth-order valence-electron chi connectivity index (χ4n) is 1.32. The molecule has 1 rings (SSSR count). The van der Waals surface area contributed by atoms with Gasteiger partial charge in [-0.1, -0.05) is 6.92 Å². The minimum atomic E-state index is 0.141. The first-order valence-electron chi connectivity index (χ1n) is 6.84. The molecule has 20 heavy (non-hydrogen) atoms. The average Bonchev–Trinajstić information content (AvgIpc) is 2.43. The maximum atomic E-state index is 4.42. The Kier molecular flexibility index (Phi) is 6.32. The molecule has 1 heterocycles. The molecule has 0 aromatic carbocycles. The molecule has 0 radical (unpaired) electrons. The van der Waals surface area contributed by atoms with Gasteiger partial charge in [0.1, 0.15) is 0 Å². The minimum Gasteiger partial charge on any atom is -0.354 e. The minimum absolute atomic E-state index is 0.141. The molecule has 7 heteroatoms. The maximum Gasteiger partial charge on any atom is 0.231 e. The summed E-state index contributed by atoms with van der Waals surface area (Å²) in [5, 5.41) is 6.51. The fraction of sp³-hybridized carbons (Fsp3) is 0.769. The van der Waals surface area contributed by atoms with Crippen LogP contribution in [-0.4, -0.2) is 53.1 Å². The van der Waals surface area contributed by atoms with Gasteiger partial charge in [-0.05, 0) is 26.5 Å². The fourth-order valence-corrected chi connectivity index (χ4v) is 1.54. The van der Waals surface area contributed by atoms with Crippen molar-refractivity contribution in [2.24, 2.45) is 0 Å². The molecule has 1 aromatic rings. The number of thioether (sulfide) groups is 1. The van der Waals surface area contributed by atoms with Gasteiger partial charge in [0.25, 0.3) is 0 Å². The Balaban J connectivity index is 2.85. The summed E-state index contributed by atoms with van der Waals surface area (Å²) >= 11 is 1.82. The van der Waals surface area contributed by atoms with Gasteiger partial charge in [0.15, 0.2) is 0 Å². The molecule has 0 amide bonds. The van der Waals surface area contributed by atoms with Crippen LogP contribution in [0.3, 0.4) is 0 Å². The molecular formula is C13H26N6S. The molecule has 0 aliphatic carbocycles. The summed E-state index contributed by atoms with van der Waals surface area (Å²) in [6.07, 6.45) is 3.14. The van der Waals surface area contributed by atoms with Crippen LogP contribution in [-0.2, 0) is 0 Å². The average molecular weight is 298 g/mol. The van der Waals surface area contributed by atoms with Gasteiger partial charge in [-0.2, -0.15) is 26.7 Å². The highest BCUT2D eigenvalue weighted by Gasteiger charge is 2.17. The normalized spacial score (nSPS) is 11.3. The Morgan fingerprint density at radius 2 is 1.70 bits per heavy atom. The molecule has 0 unspecified atom stereocenters. The highest BCUT2D eigenvalue weighted by molar-refractivity contribution is 7.99. The van der Waals surface area contributed by atoms with Crippen molar-refractivity contribution in [1.82, 2.24) is 15.0 Å². The molecule has 0 fully saturated rings. The van der Waals surface area contributed by atoms with Crippen molar-refractivity contribution < 1.29 is 0 Å². The molecule has 6 nitrogen and oxygen atoms in total. The Morgan fingerprint density at radius 1 is 1.10 bits per heavy atom. The third kappa shape index (κ3) is 5.40. The first-order chi connectivity index (χ1) is 9.38. The Morgan fingerprint density at radius 3 is 2.20 bits per heavy atom. The number of hydrogen-bond donors (Lipinski definition) is 2. The van der Waals surface area contributed by atoms with Gasteiger partial charge in [-0.3, -0.25) is 0 Å². The Bertz CT molecular complexity index is 421. The van der Waals surface area contributed by atoms with Crippen LogP contribution in [0.25, 0.3) is 0 Å². The lowest BCUT2D eigenvalue weighted by atomic mass is 10.2. The van der Waals surface area contributed by atoms with E-state index in [9.17, 15) is 0 Å². The topological polar surface area (TPSA) is 66.0 Å². The molecule has 0 saturated carbocycles. The summed E-state index contributed by atoms with van der Waals surface area (Å²) in [4.78, 5) is 15.1. The van der Waals surface area contributed by atoms with Crippen molar-refractivity contribution in [2.45, 2.75) is 31.9 Å². The van der Waals surface area contributed by atoms with Crippen LogP contribution in [0.1, 0.15) is 27.2 Å². The first-order valence-corrected chi connectivity index (χ1v) is 8.06. The van der Waals surface area contributed by atoms with E-state index in [1.54, 1.807) is 0 Å². The maximum absolute atomic E-state index is 4.42. The molecule has 0 atom stereocenters. The summed E-state index contributed by atoms with van der Waals surface area (Å²) in [6, 6.07) is 0. The zero-order valence-electron chi connectivity index (χ0n) is 13.3. The quantitative estimate of drug-likeness (QED) is 0.763. The summed E-state index contributed by atoms with van der Waals surface area (Å²) in [5.74, 6) is 1.89. The predicted octanol–water partition coefficient (Wildman–Crippen LogP) is 2.31. The van der Waals surface area contributed by atoms with Crippen LogP contribution in [0.2, 0.25) is 0 Å². The van der Waals surface area contributed by atoms with E-state index in [2.05, 4.69) is 52.6 Å². The summed E-state index contributed by atoms with van der Waals surface area (Å²) in [5.41, 5.74) is 0. The van der Waals surface area contributed by atoms with Gasteiger partial charge in [-0.25, -0.2) is 0 Å². The van der Waals surface area contributed by atoms with Gasteiger partial charge in [0.2, 0.25) is 17.8 Å². The van der Waals surface area contributed by atoms with Crippen LogP contribution < -0.4 is 15.5 Å². The second-order valence-electron chi connectivity index (χ2n) is 5.42. The van der Waals surface area contributed by atoms with Crippen LogP contribution in [0.15, 0.2) is 0 Å². The zero-order valence-corrected chi connectivity index (χ0v) is 14.1. The van der Waals surface area contributed by atoms with Crippen LogP contribution >= 0.6 is 11.8 Å². The van der Waals surface area contributed by atoms with Crippen molar-refractivity contribution in [3.8, 4) is 0 Å². The highest BCUT2D eigenvalue weighted by atomic mass is 32.2. The smallest absolute Gasteiger partial charge is 0.231 e. The van der Waals surface area contributed by atoms with E-state index < -0.39 is 0 Å². The standard InChI is InChI=1S/C13H26N6S/c1-7-8-14-10-16-11(15-9-13(2,3)20-6)18-12(17-10)19(4)5/h7-9H2,1-6H3,(H2,14,15,16,17,18). The molecule has 114 valence electrons. The van der Waals surface area contributed by atoms with Crippen molar-refractivity contribution in [3.63, 3.8) is 0 Å². The zero-order chi connectivity index (χ0) is 15.2. The molecule has 0 saturated heterocycles. The molecular weight excluding hydrogens is 272 g/mol. The van der Waals surface area contributed by atoms with Crippen LogP contribution in [0.4, 0.5) is 17.8 Å². The SMILES string of the molecule is CCCNc1nc(NCC(C)(C)SC)nc(N(C)C)n1. The summed E-state index contributed by atoms with van der Waals surface area (Å²) in [6.45, 7) is 8.15. The second kappa shape index (κ2) is 7.52. The number of nitrogens with one attached hydrogen (secondary N) is 2. The molecule has 1 aromatic heterocycles. The Labute approximate surface area is 126 Å². The number of anilines is 3. The first kappa shape index (κ1) is 16.8. The van der Waals surface area contributed by atoms with Crippen molar-refractivity contribution in [1.29, 1.82) is 0 Å². The third-order valence-electron chi connectivity index (χ3n) is 2.78. The van der Waals surface area contributed by atoms with Gasteiger partial charge < -0.3 is 15.5 Å². The number of rotatable bonds is 8. The van der Waals surface area contributed by atoms with Crippen LogP contribution in [0, 0.1) is 0 Å². The van der Waals surface area contributed by atoms with Crippen LogP contribution in [0.5, 0.6) is 0 Å². The molecule has 0 aliphatic heterocycles. The number of nitrogens with zero attached hydrogens (tertiary/aromatic N) is 4. The molecule has 0 aliphatic rings. The second-order valence-corrected chi connectivity index (χ2v) is 6.93. The lowest BCUT2D eigenvalue weighted by Gasteiger charge is -2.22. The molecule has 0 spiro atoms. The van der Waals surface area contributed by atoms with Gasteiger partial charge >= 0.3 is 0 Å². The van der Waals surface area contributed by atoms with E-state index in [0.717, 1.165) is 19.5 Å². The lowest BCUT2D eigenvalue weighted by molar-refractivity contribution is 0.745. The third-order valence-corrected chi connectivity index (χ3v) is 4.03. The highest BCUT2D eigenvalue weighted by Crippen LogP contribution is 2.21. The van der Waals surface area contributed by atoms with Gasteiger partial charge in [0, 0.05) is 31.9 Å². The summed E-state index contributed by atoms with van der Waals surface area (Å²) < 4.78 is 0.141. The van der Waals surface area contributed by atoms with E-state index in [-0.39, 0.29) is 4.75 Å². The van der Waals surface area contributed by atoms with E-state index >= 15 is 0 Å². The van der Waals surface area contributed by atoms with Crippen molar-refractivity contribution >= 4 is 29.6 Å². The summed E-state index contributed by atoms with van der Waals surface area (Å²) in [7, 11) is 3.85. The lowest BCUT2D eigenvalue weighted by Crippen LogP contribution is -2.27. The van der Waals surface area contributed by atoms with Gasteiger partial charge in [-0.15, -0.1) is 0 Å². The van der Waals surface area contributed by atoms with E-state index in [0.29, 0.717) is 17.8 Å².